The van der Waals surface area contributed by atoms with Crippen LogP contribution in [0.1, 0.15) is 36.9 Å². The normalized spacial score (nSPS) is 19.1. The van der Waals surface area contributed by atoms with Crippen molar-refractivity contribution in [2.75, 3.05) is 13.1 Å². The largest absolute Gasteiger partial charge is 0.337 e. The Balaban J connectivity index is 2.00. The highest BCUT2D eigenvalue weighted by molar-refractivity contribution is 7.12. The van der Waals surface area contributed by atoms with E-state index in [9.17, 15) is 4.79 Å². The van der Waals surface area contributed by atoms with E-state index in [-0.39, 0.29) is 11.3 Å². The summed E-state index contributed by atoms with van der Waals surface area (Å²) in [6.45, 7) is 8.58. The van der Waals surface area contributed by atoms with Crippen LogP contribution in [0.5, 0.6) is 0 Å². The SMILES string of the molecule is CC(C)(C)C1CC(=O)N(Cc2ccc(C#CCN)s2)C1. The number of nitrogens with zero attached hydrogens (tertiary/aromatic N) is 1. The molecule has 1 aromatic heterocycles. The number of rotatable bonds is 2. The van der Waals surface area contributed by atoms with Gasteiger partial charge in [-0.15, -0.1) is 11.3 Å². The second-order valence-electron chi connectivity index (χ2n) is 6.31. The molecule has 0 aromatic carbocycles. The second-order valence-corrected chi connectivity index (χ2v) is 7.48. The average Bonchev–Trinajstić information content (AvgIpc) is 2.95. The van der Waals surface area contributed by atoms with Crippen LogP contribution in [0.4, 0.5) is 0 Å². The fraction of sp³-hybridized carbons (Fsp3) is 0.562. The van der Waals surface area contributed by atoms with Crippen molar-refractivity contribution in [3.05, 3.63) is 21.9 Å². The Bertz CT molecular complexity index is 545. The van der Waals surface area contributed by atoms with Crippen molar-refractivity contribution < 1.29 is 4.79 Å². The minimum atomic E-state index is 0.192. The molecule has 0 bridgehead atoms. The number of carbonyl (C=O) groups is 1. The zero-order chi connectivity index (χ0) is 14.8. The predicted molar refractivity (Wildman–Crippen MR) is 83.2 cm³/mol. The molecule has 2 heterocycles. The Morgan fingerprint density at radius 3 is 2.80 bits per heavy atom. The lowest BCUT2D eigenvalue weighted by Gasteiger charge is -2.26. The zero-order valence-corrected chi connectivity index (χ0v) is 13.2. The third-order valence-electron chi connectivity index (χ3n) is 3.76. The van der Waals surface area contributed by atoms with Crippen LogP contribution in [-0.4, -0.2) is 23.9 Å². The van der Waals surface area contributed by atoms with Gasteiger partial charge in [-0.1, -0.05) is 32.6 Å². The van der Waals surface area contributed by atoms with Crippen LogP contribution in [0, 0.1) is 23.2 Å². The minimum Gasteiger partial charge on any atom is -0.337 e. The summed E-state index contributed by atoms with van der Waals surface area (Å²) in [6, 6.07) is 4.06. The molecule has 2 rings (SSSR count). The van der Waals surface area contributed by atoms with Crippen LogP contribution in [0.25, 0.3) is 0 Å². The Kier molecular flexibility index (Phi) is 4.52. The van der Waals surface area contributed by atoms with E-state index in [1.165, 1.54) is 4.88 Å². The molecule has 1 aliphatic heterocycles. The number of carbonyl (C=O) groups excluding carboxylic acids is 1. The highest BCUT2D eigenvalue weighted by Crippen LogP contribution is 2.35. The highest BCUT2D eigenvalue weighted by Gasteiger charge is 2.36. The van der Waals surface area contributed by atoms with Crippen LogP contribution in [-0.2, 0) is 11.3 Å². The highest BCUT2D eigenvalue weighted by atomic mass is 32.1. The predicted octanol–water partition coefficient (Wildman–Crippen LogP) is 2.45. The Morgan fingerprint density at radius 1 is 1.45 bits per heavy atom. The smallest absolute Gasteiger partial charge is 0.223 e. The van der Waals surface area contributed by atoms with Gasteiger partial charge >= 0.3 is 0 Å². The van der Waals surface area contributed by atoms with Crippen molar-refractivity contribution in [1.29, 1.82) is 0 Å². The summed E-state index contributed by atoms with van der Waals surface area (Å²) in [6.07, 6.45) is 0.675. The number of thiophene rings is 1. The average molecular weight is 290 g/mol. The molecule has 1 atom stereocenters. The molecule has 20 heavy (non-hydrogen) atoms. The summed E-state index contributed by atoms with van der Waals surface area (Å²) in [5, 5.41) is 0. The van der Waals surface area contributed by atoms with Crippen LogP contribution in [0.15, 0.2) is 12.1 Å². The quantitative estimate of drug-likeness (QED) is 0.850. The van der Waals surface area contributed by atoms with Gasteiger partial charge in [0.05, 0.1) is 18.0 Å². The van der Waals surface area contributed by atoms with Gasteiger partial charge in [0.25, 0.3) is 0 Å². The molecule has 108 valence electrons. The Labute approximate surface area is 125 Å². The standard InChI is InChI=1S/C16H22N2OS/c1-16(2,3)12-9-15(19)18(10-12)11-14-7-6-13(20-14)5-4-8-17/h6-7,12H,8-11,17H2,1-3H3. The van der Waals surface area contributed by atoms with Gasteiger partial charge < -0.3 is 10.6 Å². The lowest BCUT2D eigenvalue weighted by Crippen LogP contribution is -2.27. The first kappa shape index (κ1) is 15.1. The van der Waals surface area contributed by atoms with Crippen molar-refractivity contribution in [3.63, 3.8) is 0 Å². The molecular weight excluding hydrogens is 268 g/mol. The van der Waals surface area contributed by atoms with Crippen LogP contribution < -0.4 is 5.73 Å². The van der Waals surface area contributed by atoms with E-state index in [0.29, 0.717) is 25.4 Å². The van der Waals surface area contributed by atoms with E-state index in [1.807, 2.05) is 11.0 Å². The van der Waals surface area contributed by atoms with Gasteiger partial charge in [0, 0.05) is 17.8 Å². The fourth-order valence-corrected chi connectivity index (χ4v) is 3.26. The van der Waals surface area contributed by atoms with Gasteiger partial charge in [-0.25, -0.2) is 0 Å². The maximum absolute atomic E-state index is 12.1. The van der Waals surface area contributed by atoms with Gasteiger partial charge in [0.15, 0.2) is 0 Å². The van der Waals surface area contributed by atoms with Gasteiger partial charge in [-0.2, -0.15) is 0 Å². The first-order chi connectivity index (χ1) is 9.40. The maximum atomic E-state index is 12.1. The molecule has 1 unspecified atom stereocenters. The van der Waals surface area contributed by atoms with E-state index in [2.05, 4.69) is 38.7 Å². The molecule has 3 nitrogen and oxygen atoms in total. The molecule has 1 saturated heterocycles. The van der Waals surface area contributed by atoms with Crippen molar-refractivity contribution in [1.82, 2.24) is 4.90 Å². The second kappa shape index (κ2) is 5.99. The van der Waals surface area contributed by atoms with Crippen molar-refractivity contribution in [3.8, 4) is 11.8 Å². The van der Waals surface area contributed by atoms with Gasteiger partial charge in [0.2, 0.25) is 5.91 Å². The number of hydrogen-bond donors (Lipinski definition) is 1. The molecule has 0 radical (unpaired) electrons. The first-order valence-corrected chi connectivity index (χ1v) is 7.77. The summed E-state index contributed by atoms with van der Waals surface area (Å²) >= 11 is 1.65. The first-order valence-electron chi connectivity index (χ1n) is 6.95. The molecule has 0 spiro atoms. The monoisotopic (exact) mass is 290 g/mol. The molecule has 4 heteroatoms. The maximum Gasteiger partial charge on any atom is 0.223 e. The summed E-state index contributed by atoms with van der Waals surface area (Å²) in [5.74, 6) is 6.61. The molecular formula is C16H22N2OS. The lowest BCUT2D eigenvalue weighted by molar-refractivity contribution is -0.128. The third-order valence-corrected chi connectivity index (χ3v) is 4.75. The zero-order valence-electron chi connectivity index (χ0n) is 12.4. The topological polar surface area (TPSA) is 46.3 Å². The molecule has 2 N–H and O–H groups in total. The molecule has 1 aromatic rings. The van der Waals surface area contributed by atoms with Gasteiger partial charge in [-0.3, -0.25) is 4.79 Å². The third kappa shape index (κ3) is 3.62. The molecule has 1 aliphatic rings. The molecule has 1 fully saturated rings. The number of nitrogens with two attached hydrogens (primary N) is 1. The van der Waals surface area contributed by atoms with Crippen molar-refractivity contribution in [2.24, 2.45) is 17.1 Å². The van der Waals surface area contributed by atoms with Gasteiger partial charge in [-0.05, 0) is 23.5 Å². The van der Waals surface area contributed by atoms with Crippen LogP contribution >= 0.6 is 11.3 Å². The number of likely N-dealkylation sites (tertiary alicyclic amines) is 1. The van der Waals surface area contributed by atoms with E-state index < -0.39 is 0 Å². The summed E-state index contributed by atoms with van der Waals surface area (Å²) in [5.41, 5.74) is 5.56. The van der Waals surface area contributed by atoms with Crippen LogP contribution in [0.3, 0.4) is 0 Å². The summed E-state index contributed by atoms with van der Waals surface area (Å²) in [7, 11) is 0. The van der Waals surface area contributed by atoms with E-state index in [0.717, 1.165) is 11.4 Å². The summed E-state index contributed by atoms with van der Waals surface area (Å²) in [4.78, 5) is 16.3. The van der Waals surface area contributed by atoms with E-state index in [1.54, 1.807) is 11.3 Å². The van der Waals surface area contributed by atoms with Crippen molar-refractivity contribution in [2.45, 2.75) is 33.7 Å². The van der Waals surface area contributed by atoms with Gasteiger partial charge in [0.1, 0.15) is 0 Å². The fourth-order valence-electron chi connectivity index (χ4n) is 2.36. The molecule has 0 saturated carbocycles. The Hall–Kier alpha value is -1.31. The Morgan fingerprint density at radius 2 is 2.20 bits per heavy atom. The lowest BCUT2D eigenvalue weighted by atomic mass is 9.80. The minimum absolute atomic E-state index is 0.192. The van der Waals surface area contributed by atoms with E-state index in [4.69, 9.17) is 5.73 Å². The summed E-state index contributed by atoms with van der Waals surface area (Å²) < 4.78 is 0. The van der Waals surface area contributed by atoms with E-state index >= 15 is 0 Å². The van der Waals surface area contributed by atoms with Crippen LogP contribution in [0.2, 0.25) is 0 Å². The van der Waals surface area contributed by atoms with Crippen molar-refractivity contribution >= 4 is 17.2 Å². The number of amides is 1. The molecule has 1 amide bonds. The number of hydrogen-bond acceptors (Lipinski definition) is 3. The molecule has 0 aliphatic carbocycles.